The molecule has 4 aromatic rings. The average molecular weight is 700 g/mol. The van der Waals surface area contributed by atoms with Crippen molar-refractivity contribution in [3.05, 3.63) is 46.0 Å². The number of nitrogens with two attached hydrogens (primary N) is 1. The topological polar surface area (TPSA) is 124 Å². The molecule has 4 fully saturated rings. The molecule has 49 heavy (non-hydrogen) atoms. The van der Waals surface area contributed by atoms with Gasteiger partial charge in [-0.05, 0) is 62.1 Å². The SMILES string of the molecule is C[C@H]1CN2CCCC2(COc2nc3c4c(c(Cl)c(-c5ccc(F)c6sc(N)c(C#N)c56)c(F)c4n2)OCC2C/C(=C/C4CC4C#N)CN32)C1. The van der Waals surface area contributed by atoms with Crippen LogP contribution in [0.25, 0.3) is 32.1 Å². The molecule has 5 atom stereocenters. The summed E-state index contributed by atoms with van der Waals surface area (Å²) in [6.45, 7) is 5.48. The van der Waals surface area contributed by atoms with Gasteiger partial charge in [0, 0.05) is 24.0 Å². The van der Waals surface area contributed by atoms with E-state index in [-0.39, 0.29) is 84.1 Å². The van der Waals surface area contributed by atoms with Crippen molar-refractivity contribution in [2.75, 3.05) is 43.5 Å². The number of hydrogen-bond donors (Lipinski definition) is 1. The molecule has 2 N–H and O–H groups in total. The normalized spacial score (nSPS) is 28.0. The third-order valence-corrected chi connectivity index (χ3v) is 12.5. The highest BCUT2D eigenvalue weighted by Gasteiger charge is 2.48. The zero-order valence-corrected chi connectivity index (χ0v) is 28.3. The summed E-state index contributed by atoms with van der Waals surface area (Å²) in [7, 11) is 0. The lowest BCUT2D eigenvalue weighted by atomic mass is 9.92. The molecule has 0 amide bonds. The van der Waals surface area contributed by atoms with Crippen LogP contribution in [-0.2, 0) is 0 Å². The van der Waals surface area contributed by atoms with Crippen LogP contribution < -0.4 is 20.1 Å². The highest BCUT2D eigenvalue weighted by Crippen LogP contribution is 2.52. The third kappa shape index (κ3) is 4.68. The number of benzene rings is 2. The van der Waals surface area contributed by atoms with E-state index in [0.717, 1.165) is 50.1 Å². The number of nitrogens with zero attached hydrogens (tertiary/aromatic N) is 6. The van der Waals surface area contributed by atoms with Gasteiger partial charge in [-0.25, -0.2) is 8.78 Å². The van der Waals surface area contributed by atoms with Crippen LogP contribution in [0.1, 0.15) is 44.6 Å². The van der Waals surface area contributed by atoms with Crippen LogP contribution in [0.4, 0.5) is 19.6 Å². The van der Waals surface area contributed by atoms with Crippen molar-refractivity contribution < 1.29 is 18.3 Å². The Balaban J connectivity index is 1.22. The number of nitrogen functional groups attached to an aromatic ring is 1. The fraction of sp³-hybridized carbons (Fsp3) is 0.444. The van der Waals surface area contributed by atoms with Crippen molar-refractivity contribution >= 4 is 54.7 Å². The van der Waals surface area contributed by atoms with E-state index in [2.05, 4.69) is 34.9 Å². The van der Waals surface area contributed by atoms with Gasteiger partial charge in [-0.3, -0.25) is 4.90 Å². The van der Waals surface area contributed by atoms with E-state index in [9.17, 15) is 10.5 Å². The van der Waals surface area contributed by atoms with E-state index in [1.165, 1.54) is 17.7 Å². The van der Waals surface area contributed by atoms with Gasteiger partial charge < -0.3 is 20.1 Å². The van der Waals surface area contributed by atoms with Crippen molar-refractivity contribution in [1.82, 2.24) is 14.9 Å². The molecule has 1 saturated carbocycles. The van der Waals surface area contributed by atoms with Gasteiger partial charge in [0.15, 0.2) is 11.6 Å². The third-order valence-electron chi connectivity index (χ3n) is 11.1. The number of ether oxygens (including phenoxy) is 2. The number of rotatable bonds is 5. The molecule has 2 aromatic carbocycles. The number of thiophene rings is 1. The smallest absolute Gasteiger partial charge is 0.319 e. The lowest BCUT2D eigenvalue weighted by Gasteiger charge is -2.31. The number of hydrogen-bond acceptors (Lipinski definition) is 10. The summed E-state index contributed by atoms with van der Waals surface area (Å²) < 4.78 is 45.3. The first kappa shape index (κ1) is 30.8. The Hall–Kier alpha value is -4.23. The Morgan fingerprint density at radius 1 is 1.27 bits per heavy atom. The molecule has 0 spiro atoms. The first-order chi connectivity index (χ1) is 23.7. The molecule has 250 valence electrons. The first-order valence-corrected chi connectivity index (χ1v) is 17.9. The number of aromatic nitrogens is 2. The van der Waals surface area contributed by atoms with Crippen LogP contribution in [0, 0.1) is 52.1 Å². The molecule has 2 aromatic heterocycles. The number of anilines is 2. The van der Waals surface area contributed by atoms with E-state index < -0.39 is 11.6 Å². The quantitative estimate of drug-likeness (QED) is 0.215. The number of fused-ring (bicyclic) bond motifs is 4. The van der Waals surface area contributed by atoms with E-state index in [0.29, 0.717) is 36.7 Å². The Morgan fingerprint density at radius 2 is 2.12 bits per heavy atom. The van der Waals surface area contributed by atoms with Gasteiger partial charge in [-0.15, -0.1) is 11.3 Å². The Morgan fingerprint density at radius 3 is 2.92 bits per heavy atom. The molecule has 9 rings (SSSR count). The predicted molar refractivity (Wildman–Crippen MR) is 184 cm³/mol. The summed E-state index contributed by atoms with van der Waals surface area (Å²) in [5.74, 6) is 0.229. The first-order valence-electron chi connectivity index (χ1n) is 16.7. The lowest BCUT2D eigenvalue weighted by Crippen LogP contribution is -2.43. The van der Waals surface area contributed by atoms with Crippen LogP contribution >= 0.6 is 22.9 Å². The summed E-state index contributed by atoms with van der Waals surface area (Å²) in [6.07, 6.45) is 6.89. The molecule has 13 heteroatoms. The maximum absolute atomic E-state index is 17.2. The number of halogens is 3. The van der Waals surface area contributed by atoms with Crippen molar-refractivity contribution in [2.45, 2.75) is 50.6 Å². The molecule has 9 nitrogen and oxygen atoms in total. The molecule has 0 radical (unpaired) electrons. The fourth-order valence-electron chi connectivity index (χ4n) is 8.78. The summed E-state index contributed by atoms with van der Waals surface area (Å²) in [6, 6.07) is 7.00. The van der Waals surface area contributed by atoms with Crippen LogP contribution in [0.15, 0.2) is 23.8 Å². The molecule has 6 heterocycles. The summed E-state index contributed by atoms with van der Waals surface area (Å²) in [5, 5.41) is 20.0. The van der Waals surface area contributed by atoms with E-state index in [4.69, 9.17) is 36.8 Å². The van der Waals surface area contributed by atoms with Crippen molar-refractivity contribution in [3.8, 4) is 35.0 Å². The van der Waals surface area contributed by atoms with Gasteiger partial charge in [0.1, 0.15) is 41.4 Å². The standard InChI is InChI=1S/C36H32ClF2N7O2S/c1-17-10-36(5-2-6-45(36)13-17)16-48-35-43-30-27-31(47-15-21-8-18(7-19-9-20(19)11-40)14-46(21)34(27)44-35)28(37)26(29(30)39)22-3-4-24(38)32-25(22)23(12-41)33(42)49-32/h3-4,7,17,19-21H,2,5-6,8-10,13-16,42H2,1H3/b18-7-/t17-,19?,20?,21?,36?/m1/s1. The minimum atomic E-state index is -0.749. The number of allylic oxidation sites excluding steroid dienone is 1. The molecule has 4 unspecified atom stereocenters. The Labute approximate surface area is 290 Å². The van der Waals surface area contributed by atoms with Gasteiger partial charge >= 0.3 is 6.01 Å². The monoisotopic (exact) mass is 699 g/mol. The summed E-state index contributed by atoms with van der Waals surface area (Å²) in [4.78, 5) is 14.2. The van der Waals surface area contributed by atoms with E-state index in [1.807, 2.05) is 0 Å². The molecule has 0 bridgehead atoms. The molecule has 1 aliphatic carbocycles. The van der Waals surface area contributed by atoms with Crippen LogP contribution in [-0.4, -0.2) is 59.3 Å². The van der Waals surface area contributed by atoms with Gasteiger partial charge in [-0.2, -0.15) is 20.5 Å². The van der Waals surface area contributed by atoms with Gasteiger partial charge in [0.05, 0.1) is 44.2 Å². The highest BCUT2D eigenvalue weighted by atomic mass is 35.5. The van der Waals surface area contributed by atoms with Crippen molar-refractivity contribution in [3.63, 3.8) is 0 Å². The van der Waals surface area contributed by atoms with Crippen LogP contribution in [0.3, 0.4) is 0 Å². The van der Waals surface area contributed by atoms with E-state index in [1.54, 1.807) is 0 Å². The molecule has 3 saturated heterocycles. The lowest BCUT2D eigenvalue weighted by molar-refractivity contribution is 0.107. The second-order valence-electron chi connectivity index (χ2n) is 14.3. The highest BCUT2D eigenvalue weighted by molar-refractivity contribution is 7.23. The zero-order chi connectivity index (χ0) is 33.8. The van der Waals surface area contributed by atoms with E-state index >= 15 is 8.78 Å². The predicted octanol–water partition coefficient (Wildman–Crippen LogP) is 7.21. The van der Waals surface area contributed by atoms with Gasteiger partial charge in [0.2, 0.25) is 0 Å². The summed E-state index contributed by atoms with van der Waals surface area (Å²) >= 11 is 8.02. The van der Waals surface area contributed by atoms with Crippen LogP contribution in [0.2, 0.25) is 5.02 Å². The second kappa shape index (κ2) is 11.1. The van der Waals surface area contributed by atoms with Crippen molar-refractivity contribution in [2.24, 2.45) is 17.8 Å². The minimum absolute atomic E-state index is 0.0164. The fourth-order valence-corrected chi connectivity index (χ4v) is 10.1. The Kier molecular flexibility index (Phi) is 7.00. The second-order valence-corrected chi connectivity index (χ2v) is 15.7. The number of nitriles is 2. The van der Waals surface area contributed by atoms with Gasteiger partial charge in [-0.1, -0.05) is 36.2 Å². The Bertz CT molecular complexity index is 2210. The van der Waals surface area contributed by atoms with Crippen molar-refractivity contribution in [1.29, 1.82) is 10.5 Å². The minimum Gasteiger partial charge on any atom is -0.489 e. The molecular weight excluding hydrogens is 668 g/mol. The molecule has 4 aliphatic heterocycles. The van der Waals surface area contributed by atoms with Gasteiger partial charge in [0.25, 0.3) is 0 Å². The zero-order valence-electron chi connectivity index (χ0n) is 26.7. The van der Waals surface area contributed by atoms with Crippen LogP contribution in [0.5, 0.6) is 11.8 Å². The maximum Gasteiger partial charge on any atom is 0.319 e. The summed E-state index contributed by atoms with van der Waals surface area (Å²) in [5.41, 5.74) is 7.40. The maximum atomic E-state index is 17.2. The average Bonchev–Trinajstić information content (AvgIpc) is 3.29. The largest absolute Gasteiger partial charge is 0.489 e. The molecular formula is C36H32ClF2N7O2S. The molecule has 5 aliphatic rings.